The van der Waals surface area contributed by atoms with E-state index in [0.29, 0.717) is 0 Å². The van der Waals surface area contributed by atoms with Gasteiger partial charge in [0.1, 0.15) is 0 Å². The lowest BCUT2D eigenvalue weighted by molar-refractivity contribution is 0.494. The summed E-state index contributed by atoms with van der Waals surface area (Å²) in [6, 6.07) is 0. The van der Waals surface area contributed by atoms with Crippen LogP contribution >= 0.6 is 0 Å². The van der Waals surface area contributed by atoms with Crippen LogP contribution in [0.4, 0.5) is 0 Å². The van der Waals surface area contributed by atoms with Crippen LogP contribution in [-0.2, 0) is 0 Å². The second-order valence-corrected chi connectivity index (χ2v) is 3.28. The van der Waals surface area contributed by atoms with Gasteiger partial charge in [0.05, 0.1) is 0 Å². The first kappa shape index (κ1) is 8.06. The maximum absolute atomic E-state index is 4.34. The van der Waals surface area contributed by atoms with Gasteiger partial charge in [-0.25, -0.2) is 5.32 Å². The maximum atomic E-state index is 4.34. The first-order valence-electron chi connectivity index (χ1n) is 4.56. The van der Waals surface area contributed by atoms with Gasteiger partial charge in [-0.1, -0.05) is 26.2 Å². The number of hydrogen-bond donors (Lipinski definition) is 0. The number of unbranched alkanes of at least 4 members (excludes halogenated alkanes) is 2. The highest BCUT2D eigenvalue weighted by atomic mass is 14.9. The lowest BCUT2D eigenvalue weighted by atomic mass is 10.0. The standard InChI is InChI=1S/C9H18N/c1-2-3-4-5-9-6-7-10-8-9/h9H,2-8H2,1H3. The van der Waals surface area contributed by atoms with E-state index in [-0.39, 0.29) is 0 Å². The van der Waals surface area contributed by atoms with E-state index in [2.05, 4.69) is 12.2 Å². The molecular weight excluding hydrogens is 122 g/mol. The van der Waals surface area contributed by atoms with Crippen molar-refractivity contribution in [3.05, 3.63) is 0 Å². The van der Waals surface area contributed by atoms with Gasteiger partial charge in [-0.05, 0) is 18.8 Å². The zero-order valence-corrected chi connectivity index (χ0v) is 6.97. The Morgan fingerprint density at radius 1 is 1.40 bits per heavy atom. The second-order valence-electron chi connectivity index (χ2n) is 3.28. The van der Waals surface area contributed by atoms with Crippen molar-refractivity contribution in [1.29, 1.82) is 0 Å². The van der Waals surface area contributed by atoms with E-state index in [9.17, 15) is 0 Å². The van der Waals surface area contributed by atoms with Crippen molar-refractivity contribution in [3.63, 3.8) is 0 Å². The predicted molar refractivity (Wildman–Crippen MR) is 44.1 cm³/mol. The van der Waals surface area contributed by atoms with Gasteiger partial charge in [0.25, 0.3) is 0 Å². The summed E-state index contributed by atoms with van der Waals surface area (Å²) in [6.45, 7) is 4.56. The van der Waals surface area contributed by atoms with Crippen molar-refractivity contribution in [1.82, 2.24) is 5.32 Å². The molecular formula is C9H18N. The van der Waals surface area contributed by atoms with Gasteiger partial charge in [0, 0.05) is 13.1 Å². The van der Waals surface area contributed by atoms with Crippen molar-refractivity contribution in [2.45, 2.75) is 39.0 Å². The molecule has 0 bridgehead atoms. The summed E-state index contributed by atoms with van der Waals surface area (Å²) in [4.78, 5) is 0. The average Bonchev–Trinajstić information content (AvgIpc) is 2.41. The highest BCUT2D eigenvalue weighted by Gasteiger charge is 2.13. The quantitative estimate of drug-likeness (QED) is 0.531. The van der Waals surface area contributed by atoms with Crippen LogP contribution in [0.2, 0.25) is 0 Å². The van der Waals surface area contributed by atoms with Crippen LogP contribution in [0.15, 0.2) is 0 Å². The van der Waals surface area contributed by atoms with Crippen molar-refractivity contribution >= 4 is 0 Å². The molecule has 1 atom stereocenters. The minimum atomic E-state index is 0.951. The molecule has 1 unspecified atom stereocenters. The molecule has 0 saturated carbocycles. The molecule has 1 heteroatoms. The highest BCUT2D eigenvalue weighted by molar-refractivity contribution is 4.70. The Balaban J connectivity index is 1.91. The monoisotopic (exact) mass is 140 g/mol. The van der Waals surface area contributed by atoms with Crippen LogP contribution in [0, 0.1) is 5.92 Å². The number of nitrogens with zero attached hydrogens (tertiary/aromatic N) is 1. The molecule has 0 aromatic heterocycles. The maximum Gasteiger partial charge on any atom is 0.0162 e. The molecule has 1 radical (unpaired) electrons. The smallest absolute Gasteiger partial charge is 0.0162 e. The molecule has 1 aliphatic rings. The van der Waals surface area contributed by atoms with Crippen LogP contribution in [0.1, 0.15) is 39.0 Å². The van der Waals surface area contributed by atoms with Gasteiger partial charge in [0.2, 0.25) is 0 Å². The molecule has 0 aromatic carbocycles. The SMILES string of the molecule is CCCCCC1CC[N]C1. The molecule has 1 aliphatic heterocycles. The molecule has 1 heterocycles. The Bertz CT molecular complexity index is 74.8. The zero-order valence-electron chi connectivity index (χ0n) is 6.97. The van der Waals surface area contributed by atoms with E-state index >= 15 is 0 Å². The van der Waals surface area contributed by atoms with E-state index in [1.165, 1.54) is 32.1 Å². The van der Waals surface area contributed by atoms with Crippen molar-refractivity contribution in [2.24, 2.45) is 5.92 Å². The predicted octanol–water partition coefficient (Wildman–Crippen LogP) is 2.19. The Morgan fingerprint density at radius 2 is 2.30 bits per heavy atom. The van der Waals surface area contributed by atoms with Crippen molar-refractivity contribution in [2.75, 3.05) is 13.1 Å². The van der Waals surface area contributed by atoms with E-state index in [1.807, 2.05) is 0 Å². The van der Waals surface area contributed by atoms with Crippen LogP contribution in [0.25, 0.3) is 0 Å². The Labute approximate surface area is 64.2 Å². The van der Waals surface area contributed by atoms with E-state index in [1.54, 1.807) is 0 Å². The molecule has 0 amide bonds. The summed E-state index contributed by atoms with van der Waals surface area (Å²) >= 11 is 0. The topological polar surface area (TPSA) is 14.1 Å². The zero-order chi connectivity index (χ0) is 7.23. The largest absolute Gasteiger partial charge is 0.241 e. The molecule has 0 aromatic rings. The highest BCUT2D eigenvalue weighted by Crippen LogP contribution is 2.16. The second kappa shape index (κ2) is 4.73. The summed E-state index contributed by atoms with van der Waals surface area (Å²) in [7, 11) is 0. The molecule has 1 fully saturated rings. The summed E-state index contributed by atoms with van der Waals surface area (Å²) in [5, 5.41) is 4.34. The van der Waals surface area contributed by atoms with Crippen LogP contribution in [0.5, 0.6) is 0 Å². The summed E-state index contributed by atoms with van der Waals surface area (Å²) in [5.41, 5.74) is 0. The summed E-state index contributed by atoms with van der Waals surface area (Å²) in [5.74, 6) is 0.951. The van der Waals surface area contributed by atoms with E-state index in [0.717, 1.165) is 19.0 Å². The van der Waals surface area contributed by atoms with Crippen molar-refractivity contribution in [3.8, 4) is 0 Å². The number of rotatable bonds is 4. The van der Waals surface area contributed by atoms with Gasteiger partial charge < -0.3 is 0 Å². The molecule has 0 aliphatic carbocycles. The van der Waals surface area contributed by atoms with Crippen LogP contribution in [0.3, 0.4) is 0 Å². The molecule has 0 N–H and O–H groups in total. The first-order chi connectivity index (χ1) is 4.93. The lowest BCUT2D eigenvalue weighted by Gasteiger charge is -2.05. The summed E-state index contributed by atoms with van der Waals surface area (Å²) in [6.07, 6.45) is 6.98. The fourth-order valence-corrected chi connectivity index (χ4v) is 1.56. The van der Waals surface area contributed by atoms with E-state index < -0.39 is 0 Å². The Kier molecular flexibility index (Phi) is 3.81. The molecule has 1 rings (SSSR count). The minimum Gasteiger partial charge on any atom is -0.241 e. The minimum absolute atomic E-state index is 0.951. The van der Waals surface area contributed by atoms with Gasteiger partial charge in [0.15, 0.2) is 0 Å². The fraction of sp³-hybridized carbons (Fsp3) is 1.00. The molecule has 1 nitrogen and oxygen atoms in total. The average molecular weight is 140 g/mol. The molecule has 0 spiro atoms. The third-order valence-corrected chi connectivity index (χ3v) is 2.30. The normalized spacial score (nSPS) is 25.5. The number of hydrogen-bond acceptors (Lipinski definition) is 0. The van der Waals surface area contributed by atoms with Crippen molar-refractivity contribution < 1.29 is 0 Å². The van der Waals surface area contributed by atoms with Gasteiger partial charge >= 0.3 is 0 Å². The summed E-state index contributed by atoms with van der Waals surface area (Å²) < 4.78 is 0. The molecule has 10 heavy (non-hydrogen) atoms. The van der Waals surface area contributed by atoms with Gasteiger partial charge in [-0.2, -0.15) is 0 Å². The van der Waals surface area contributed by atoms with Crippen LogP contribution in [-0.4, -0.2) is 13.1 Å². The van der Waals surface area contributed by atoms with E-state index in [4.69, 9.17) is 0 Å². The lowest BCUT2D eigenvalue weighted by Crippen LogP contribution is -2.02. The van der Waals surface area contributed by atoms with Crippen LogP contribution < -0.4 is 5.32 Å². The third-order valence-electron chi connectivity index (χ3n) is 2.30. The third kappa shape index (κ3) is 2.70. The molecule has 59 valence electrons. The first-order valence-corrected chi connectivity index (χ1v) is 4.56. The Hall–Kier alpha value is -0.0400. The van der Waals surface area contributed by atoms with Gasteiger partial charge in [-0.3, -0.25) is 0 Å². The molecule has 1 saturated heterocycles. The van der Waals surface area contributed by atoms with Gasteiger partial charge in [-0.15, -0.1) is 0 Å². The fourth-order valence-electron chi connectivity index (χ4n) is 1.56. The Morgan fingerprint density at radius 3 is 2.90 bits per heavy atom.